The second kappa shape index (κ2) is 5.59. The summed E-state index contributed by atoms with van der Waals surface area (Å²) in [5, 5.41) is 7.33. The minimum atomic E-state index is 0.677. The fourth-order valence-corrected chi connectivity index (χ4v) is 2.60. The first-order valence-electron chi connectivity index (χ1n) is 6.80. The van der Waals surface area contributed by atoms with E-state index in [4.69, 9.17) is 12.2 Å². The molecule has 0 aliphatic heterocycles. The Morgan fingerprint density at radius 3 is 2.70 bits per heavy atom. The fraction of sp³-hybridized carbons (Fsp3) is 0.250. The average molecular weight is 283 g/mol. The number of hydrogen-bond donors (Lipinski definition) is 1. The summed E-state index contributed by atoms with van der Waals surface area (Å²) in [5.41, 5.74) is 3.89. The number of nitrogens with one attached hydrogen (secondary N) is 1. The number of hydrogen-bond acceptors (Lipinski definition) is 2. The third-order valence-corrected chi connectivity index (χ3v) is 3.90. The van der Waals surface area contributed by atoms with Crippen LogP contribution in [0.2, 0.25) is 0 Å². The first-order valence-corrected chi connectivity index (χ1v) is 7.21. The molecule has 0 saturated heterocycles. The molecule has 1 aromatic heterocycles. The van der Waals surface area contributed by atoms with Crippen molar-refractivity contribution in [1.82, 2.24) is 14.8 Å². The van der Waals surface area contributed by atoms with Gasteiger partial charge in [-0.2, -0.15) is 5.10 Å². The molecule has 1 aromatic carbocycles. The van der Waals surface area contributed by atoms with Crippen molar-refractivity contribution < 1.29 is 0 Å². The molecule has 0 bridgehead atoms. The molecule has 4 heteroatoms. The average Bonchev–Trinajstić information content (AvgIpc) is 2.83. The maximum absolute atomic E-state index is 5.37. The van der Waals surface area contributed by atoms with E-state index >= 15 is 0 Å². The number of H-pyrrole nitrogens is 1. The largest absolute Gasteiger partial charge is 0.296 e. The monoisotopic (exact) mass is 283 g/mol. The van der Waals surface area contributed by atoms with Gasteiger partial charge in [-0.15, -0.1) is 0 Å². The van der Waals surface area contributed by atoms with E-state index in [2.05, 4.69) is 46.0 Å². The highest BCUT2D eigenvalue weighted by Gasteiger charge is 2.13. The third kappa shape index (κ3) is 2.65. The van der Waals surface area contributed by atoms with E-state index in [1.165, 1.54) is 16.7 Å². The molecule has 0 saturated carbocycles. The van der Waals surface area contributed by atoms with E-state index < -0.39 is 0 Å². The van der Waals surface area contributed by atoms with Gasteiger partial charge in [-0.05, 0) is 43.1 Å². The number of allylic oxidation sites excluding steroid dienone is 4. The molecule has 0 spiro atoms. The second-order valence-corrected chi connectivity index (χ2v) is 5.52. The van der Waals surface area contributed by atoms with Crippen molar-refractivity contribution in [1.29, 1.82) is 0 Å². The van der Waals surface area contributed by atoms with E-state index in [0.29, 0.717) is 4.77 Å². The Morgan fingerprint density at radius 1 is 1.20 bits per heavy atom. The van der Waals surface area contributed by atoms with Gasteiger partial charge < -0.3 is 0 Å². The first kappa shape index (κ1) is 13.1. The summed E-state index contributed by atoms with van der Waals surface area (Å²) in [4.78, 5) is 0. The maximum atomic E-state index is 5.37. The molecule has 1 aliphatic carbocycles. The topological polar surface area (TPSA) is 33.6 Å². The maximum Gasteiger partial charge on any atom is 0.195 e. The van der Waals surface area contributed by atoms with Crippen molar-refractivity contribution in [2.75, 3.05) is 0 Å². The summed E-state index contributed by atoms with van der Waals surface area (Å²) in [5.74, 6) is 0.961. The van der Waals surface area contributed by atoms with Gasteiger partial charge in [0, 0.05) is 0 Å². The predicted octanol–water partition coefficient (Wildman–Crippen LogP) is 4.11. The van der Waals surface area contributed by atoms with Gasteiger partial charge in [0.15, 0.2) is 10.6 Å². The lowest BCUT2D eigenvalue weighted by atomic mass is 9.99. The molecule has 20 heavy (non-hydrogen) atoms. The quantitative estimate of drug-likeness (QED) is 0.860. The molecule has 102 valence electrons. The van der Waals surface area contributed by atoms with Crippen LogP contribution in [-0.4, -0.2) is 14.8 Å². The van der Waals surface area contributed by atoms with E-state index in [1.54, 1.807) is 0 Å². The van der Waals surface area contributed by atoms with Crippen molar-refractivity contribution in [3.05, 3.63) is 64.2 Å². The Balaban J connectivity index is 1.96. The molecule has 3 nitrogen and oxygen atoms in total. The number of benzene rings is 1. The second-order valence-electron chi connectivity index (χ2n) is 5.13. The summed E-state index contributed by atoms with van der Waals surface area (Å²) in [6.45, 7) is 2.92. The highest BCUT2D eigenvalue weighted by molar-refractivity contribution is 7.71. The Bertz CT molecular complexity index is 720. The summed E-state index contributed by atoms with van der Waals surface area (Å²) in [7, 11) is 0. The molecule has 1 N–H and O–H groups in total. The first-order chi connectivity index (χ1) is 9.74. The molecule has 0 amide bonds. The highest BCUT2D eigenvalue weighted by atomic mass is 32.1. The zero-order valence-electron chi connectivity index (χ0n) is 11.5. The van der Waals surface area contributed by atoms with Crippen LogP contribution in [0.15, 0.2) is 48.1 Å². The number of nitrogens with zero attached hydrogens (tertiary/aromatic N) is 2. The standard InChI is InChI=1S/C16H17N3S/c1-12-7-9-14(10-8-12)15-17-18-16(20)19(15)11-13-5-3-2-4-6-13/h2-7,9H,8,10-11H2,1H3,(H,18,20). The van der Waals surface area contributed by atoms with E-state index in [9.17, 15) is 0 Å². The molecule has 2 aromatic rings. The fourth-order valence-electron chi connectivity index (χ4n) is 2.40. The summed E-state index contributed by atoms with van der Waals surface area (Å²) in [6, 6.07) is 10.3. The normalized spacial score (nSPS) is 14.8. The van der Waals surface area contributed by atoms with Crippen molar-refractivity contribution in [3.63, 3.8) is 0 Å². The van der Waals surface area contributed by atoms with Crippen LogP contribution >= 0.6 is 12.2 Å². The third-order valence-electron chi connectivity index (χ3n) is 3.59. The van der Waals surface area contributed by atoms with Crippen molar-refractivity contribution in [3.8, 4) is 0 Å². The lowest BCUT2D eigenvalue weighted by Gasteiger charge is -2.13. The van der Waals surface area contributed by atoms with Gasteiger partial charge in [0.25, 0.3) is 0 Å². The minimum absolute atomic E-state index is 0.677. The van der Waals surface area contributed by atoms with Gasteiger partial charge in [-0.1, -0.05) is 48.1 Å². The van der Waals surface area contributed by atoms with Crippen LogP contribution < -0.4 is 0 Å². The summed E-state index contributed by atoms with van der Waals surface area (Å²) < 4.78 is 2.75. The Morgan fingerprint density at radius 2 is 2.00 bits per heavy atom. The minimum Gasteiger partial charge on any atom is -0.296 e. The zero-order chi connectivity index (χ0) is 13.9. The summed E-state index contributed by atoms with van der Waals surface area (Å²) in [6.07, 6.45) is 6.45. The van der Waals surface area contributed by atoms with E-state index in [-0.39, 0.29) is 0 Å². The van der Waals surface area contributed by atoms with Crippen LogP contribution in [0.25, 0.3) is 5.57 Å². The van der Waals surface area contributed by atoms with Gasteiger partial charge in [0.1, 0.15) is 0 Å². The molecule has 3 rings (SSSR count). The van der Waals surface area contributed by atoms with Gasteiger partial charge in [0.2, 0.25) is 0 Å². The lowest BCUT2D eigenvalue weighted by Crippen LogP contribution is -2.06. The molecule has 1 aliphatic rings. The highest BCUT2D eigenvalue weighted by Crippen LogP contribution is 2.25. The van der Waals surface area contributed by atoms with Crippen LogP contribution in [0.5, 0.6) is 0 Å². The smallest absolute Gasteiger partial charge is 0.195 e. The molecule has 0 radical (unpaired) electrons. The van der Waals surface area contributed by atoms with Gasteiger partial charge in [-0.3, -0.25) is 9.67 Å². The molecule has 0 atom stereocenters. The summed E-state index contributed by atoms with van der Waals surface area (Å²) >= 11 is 5.37. The number of rotatable bonds is 3. The SMILES string of the molecule is CC1=CC=C(c2n[nH]c(=S)n2Cc2ccccc2)CC1. The Kier molecular flexibility index (Phi) is 3.65. The molecule has 0 fully saturated rings. The molecular weight excluding hydrogens is 266 g/mol. The van der Waals surface area contributed by atoms with Crippen molar-refractivity contribution in [2.24, 2.45) is 0 Å². The number of aromatic amines is 1. The van der Waals surface area contributed by atoms with Crippen LogP contribution in [0.3, 0.4) is 0 Å². The van der Waals surface area contributed by atoms with Crippen molar-refractivity contribution >= 4 is 17.8 Å². The van der Waals surface area contributed by atoms with Crippen LogP contribution in [0.4, 0.5) is 0 Å². The van der Waals surface area contributed by atoms with Gasteiger partial charge in [-0.25, -0.2) is 0 Å². The van der Waals surface area contributed by atoms with Crippen molar-refractivity contribution in [2.45, 2.75) is 26.3 Å². The molecular formula is C16H17N3S. The Labute approximate surface area is 123 Å². The molecule has 0 unspecified atom stereocenters. The predicted molar refractivity (Wildman–Crippen MR) is 83.9 cm³/mol. The van der Waals surface area contributed by atoms with Crippen LogP contribution in [0.1, 0.15) is 31.2 Å². The van der Waals surface area contributed by atoms with E-state index in [0.717, 1.165) is 25.2 Å². The Hall–Kier alpha value is -1.94. The van der Waals surface area contributed by atoms with E-state index in [1.807, 2.05) is 18.2 Å². The zero-order valence-corrected chi connectivity index (χ0v) is 12.3. The van der Waals surface area contributed by atoms with Crippen LogP contribution in [-0.2, 0) is 6.54 Å². The van der Waals surface area contributed by atoms with Crippen LogP contribution in [0, 0.1) is 4.77 Å². The van der Waals surface area contributed by atoms with Gasteiger partial charge >= 0.3 is 0 Å². The lowest BCUT2D eigenvalue weighted by molar-refractivity contribution is 0.762. The van der Waals surface area contributed by atoms with Gasteiger partial charge in [0.05, 0.1) is 6.54 Å². The molecule has 1 heterocycles. The number of aromatic nitrogens is 3.